The van der Waals surface area contributed by atoms with E-state index >= 15 is 0 Å². The predicted molar refractivity (Wildman–Crippen MR) is 132 cm³/mol. The lowest BCUT2D eigenvalue weighted by molar-refractivity contribution is -0.167. The maximum Gasteiger partial charge on any atom is 0.250 e. The Morgan fingerprint density at radius 2 is 1.74 bits per heavy atom. The number of carbonyl (C=O) groups excluding carboxylic acids is 4. The van der Waals surface area contributed by atoms with Crippen LogP contribution < -0.4 is 11.1 Å². The number of phenols is 1. The van der Waals surface area contributed by atoms with E-state index in [1.807, 2.05) is 0 Å². The van der Waals surface area contributed by atoms with Crippen molar-refractivity contribution in [1.82, 2.24) is 0 Å². The molecule has 5 atom stereocenters. The highest BCUT2D eigenvalue weighted by molar-refractivity contribution is 6.16. The minimum atomic E-state index is -2.56. The molecule has 0 spiro atoms. The number of primary amides is 1. The molecule has 0 radical (unpaired) electrons. The number of hydrogen-bond donors (Lipinski definition) is 7. The summed E-state index contributed by atoms with van der Waals surface area (Å²) in [7, 11) is 0. The van der Waals surface area contributed by atoms with Crippen molar-refractivity contribution in [3.05, 3.63) is 58.9 Å². The van der Waals surface area contributed by atoms with Gasteiger partial charge in [0.15, 0.2) is 17.2 Å². The van der Waals surface area contributed by atoms with Crippen LogP contribution in [0.2, 0.25) is 0 Å². The van der Waals surface area contributed by atoms with Crippen LogP contribution in [-0.2, 0) is 20.8 Å². The Hall–Kier alpha value is -4.06. The number of amides is 2. The molecular weight excluding hydrogens is 496 g/mol. The summed E-state index contributed by atoms with van der Waals surface area (Å²) in [5.74, 6) is -8.14. The number of anilines is 1. The molecule has 11 heteroatoms. The molecule has 0 heterocycles. The molecule has 8 N–H and O–H groups in total. The molecule has 0 aliphatic heterocycles. The molecule has 0 bridgehead atoms. The highest BCUT2D eigenvalue weighted by atomic mass is 16.3. The van der Waals surface area contributed by atoms with Crippen LogP contribution in [0.5, 0.6) is 5.75 Å². The molecule has 2 aromatic rings. The number of Topliss-reactive ketones (excluding diaryl/α,β-unsaturated/α-hetero) is 2. The maximum absolute atomic E-state index is 13.7. The minimum absolute atomic E-state index is 0.0661. The first-order valence-electron chi connectivity index (χ1n) is 12.1. The fourth-order valence-corrected chi connectivity index (χ4v) is 6.13. The minimum Gasteiger partial charge on any atom is -0.508 e. The monoisotopic (exact) mass is 522 g/mol. The number of aliphatic hydroxyl groups is 4. The van der Waals surface area contributed by atoms with Crippen molar-refractivity contribution in [2.45, 2.75) is 31.0 Å². The van der Waals surface area contributed by atoms with E-state index in [1.54, 1.807) is 30.3 Å². The Labute approximate surface area is 216 Å². The van der Waals surface area contributed by atoms with E-state index in [1.165, 1.54) is 6.07 Å². The van der Waals surface area contributed by atoms with Gasteiger partial charge in [0.25, 0.3) is 0 Å². The van der Waals surface area contributed by atoms with Crippen LogP contribution in [0.15, 0.2) is 47.7 Å². The van der Waals surface area contributed by atoms with E-state index in [2.05, 4.69) is 5.32 Å². The number of fused-ring (bicyclic) bond motifs is 3. The first-order chi connectivity index (χ1) is 18.0. The topological polar surface area (TPSA) is 207 Å². The van der Waals surface area contributed by atoms with Gasteiger partial charge in [-0.15, -0.1) is 0 Å². The predicted octanol–water partition coefficient (Wildman–Crippen LogP) is 0.343. The highest BCUT2D eigenvalue weighted by Gasteiger charge is 2.62. The molecule has 2 aromatic carbocycles. The molecular formula is C27H26N2O9. The number of aliphatic hydroxyl groups excluding tert-OH is 3. The number of hydrogen-bond acceptors (Lipinski definition) is 9. The normalized spacial score (nSPS) is 28.3. The van der Waals surface area contributed by atoms with Gasteiger partial charge in [-0.05, 0) is 60.1 Å². The van der Waals surface area contributed by atoms with Crippen LogP contribution >= 0.6 is 0 Å². The summed E-state index contributed by atoms with van der Waals surface area (Å²) in [6.45, 7) is -0.665. The van der Waals surface area contributed by atoms with Crippen molar-refractivity contribution in [3.8, 4) is 16.9 Å². The van der Waals surface area contributed by atoms with Gasteiger partial charge in [-0.25, -0.2) is 0 Å². The Kier molecular flexibility index (Phi) is 6.09. The zero-order chi connectivity index (χ0) is 27.5. The molecule has 2 unspecified atom stereocenters. The van der Waals surface area contributed by atoms with Gasteiger partial charge >= 0.3 is 0 Å². The van der Waals surface area contributed by atoms with E-state index in [-0.39, 0.29) is 36.1 Å². The lowest BCUT2D eigenvalue weighted by atomic mass is 9.57. The summed E-state index contributed by atoms with van der Waals surface area (Å²) in [6.07, 6.45) is -1.37. The standard InChI is InChI=1S/C27H26N2O9/c28-26(37)22-18(32)9-13-7-12-8-16-15(11-1-3-14(4-2-11)29-19(33)10-30)5-6-17(31)21(16)23(34)20(12)24(35)27(13,38)25(22)36/h1-6,12-13,18,22,30-32,35,38H,7-10H2,(H2,28,37)(H,29,33)/t12-,13+,18?,22?,27+/m1/s1. The SMILES string of the molecule is NC(=O)C1C(=O)[C@@]2(O)C(O)=C3C(=O)c4c(O)ccc(-c5ccc(NC(=O)CO)cc5)c4C[C@H]3C[C@H]2CC1O. The Balaban J connectivity index is 1.59. The number of nitrogens with two attached hydrogens (primary N) is 1. The highest BCUT2D eigenvalue weighted by Crippen LogP contribution is 2.52. The maximum atomic E-state index is 13.7. The van der Waals surface area contributed by atoms with Gasteiger partial charge in [-0.2, -0.15) is 0 Å². The molecule has 1 fully saturated rings. The first-order valence-corrected chi connectivity index (χ1v) is 12.1. The third-order valence-corrected chi connectivity index (χ3v) is 7.90. The number of benzene rings is 2. The lowest BCUT2D eigenvalue weighted by Gasteiger charge is -2.48. The average Bonchev–Trinajstić information content (AvgIpc) is 2.86. The molecule has 3 aliphatic carbocycles. The Morgan fingerprint density at radius 1 is 1.05 bits per heavy atom. The number of ketones is 2. The number of allylic oxidation sites excluding steroid dienone is 1. The number of nitrogens with one attached hydrogen (secondary N) is 1. The summed E-state index contributed by atoms with van der Waals surface area (Å²) in [5.41, 5.74) is 4.68. The summed E-state index contributed by atoms with van der Waals surface area (Å²) in [6, 6.07) is 9.61. The first kappa shape index (κ1) is 25.6. The van der Waals surface area contributed by atoms with Gasteiger partial charge < -0.3 is 36.6 Å². The average molecular weight is 523 g/mol. The van der Waals surface area contributed by atoms with Crippen LogP contribution in [0.3, 0.4) is 0 Å². The number of carbonyl (C=O) groups is 4. The third-order valence-electron chi connectivity index (χ3n) is 7.90. The summed E-state index contributed by atoms with van der Waals surface area (Å²) >= 11 is 0. The number of rotatable bonds is 4. The zero-order valence-corrected chi connectivity index (χ0v) is 20.0. The van der Waals surface area contributed by atoms with Gasteiger partial charge in [0.2, 0.25) is 11.8 Å². The van der Waals surface area contributed by atoms with Gasteiger partial charge in [0.05, 0.1) is 11.7 Å². The molecule has 0 aromatic heterocycles. The van der Waals surface area contributed by atoms with Crippen molar-refractivity contribution in [3.63, 3.8) is 0 Å². The fraction of sp³-hybridized carbons (Fsp3) is 0.333. The molecule has 2 amide bonds. The van der Waals surface area contributed by atoms with E-state index in [4.69, 9.17) is 10.8 Å². The van der Waals surface area contributed by atoms with Crippen LogP contribution in [-0.4, -0.2) is 67.2 Å². The van der Waals surface area contributed by atoms with E-state index in [0.717, 1.165) is 0 Å². The molecule has 3 aliphatic rings. The second-order valence-electron chi connectivity index (χ2n) is 10.0. The quantitative estimate of drug-likeness (QED) is 0.276. The van der Waals surface area contributed by atoms with Gasteiger partial charge in [-0.1, -0.05) is 18.2 Å². The zero-order valence-electron chi connectivity index (χ0n) is 20.0. The smallest absolute Gasteiger partial charge is 0.250 e. The number of phenolic OH excluding ortho intramolecular Hbond substituents is 1. The third kappa shape index (κ3) is 3.70. The summed E-state index contributed by atoms with van der Waals surface area (Å²) < 4.78 is 0. The van der Waals surface area contributed by atoms with Crippen LogP contribution in [0.25, 0.3) is 11.1 Å². The number of aromatic hydroxyl groups is 1. The van der Waals surface area contributed by atoms with Gasteiger partial charge in [0.1, 0.15) is 24.0 Å². The summed E-state index contributed by atoms with van der Waals surface area (Å²) in [4.78, 5) is 50.0. The molecule has 0 saturated heterocycles. The molecule has 5 rings (SSSR count). The Morgan fingerprint density at radius 3 is 2.37 bits per heavy atom. The van der Waals surface area contributed by atoms with E-state index in [9.17, 15) is 39.6 Å². The van der Waals surface area contributed by atoms with E-state index in [0.29, 0.717) is 22.4 Å². The molecule has 38 heavy (non-hydrogen) atoms. The van der Waals surface area contributed by atoms with Crippen LogP contribution in [0, 0.1) is 17.8 Å². The van der Waals surface area contributed by atoms with Crippen molar-refractivity contribution in [1.29, 1.82) is 0 Å². The van der Waals surface area contributed by atoms with Crippen LogP contribution in [0.1, 0.15) is 28.8 Å². The molecule has 198 valence electrons. The fourth-order valence-electron chi connectivity index (χ4n) is 6.13. The largest absolute Gasteiger partial charge is 0.508 e. The van der Waals surface area contributed by atoms with E-state index < -0.39 is 65.2 Å². The van der Waals surface area contributed by atoms with Crippen molar-refractivity contribution in [2.75, 3.05) is 11.9 Å². The molecule has 11 nitrogen and oxygen atoms in total. The van der Waals surface area contributed by atoms with Gasteiger partial charge in [0, 0.05) is 17.2 Å². The van der Waals surface area contributed by atoms with Gasteiger partial charge in [-0.3, -0.25) is 19.2 Å². The van der Waals surface area contributed by atoms with Crippen molar-refractivity contribution in [2.24, 2.45) is 23.5 Å². The summed E-state index contributed by atoms with van der Waals surface area (Å²) in [5, 5.41) is 54.9. The lowest BCUT2D eigenvalue weighted by Crippen LogP contribution is -2.63. The second kappa shape index (κ2) is 9.05. The van der Waals surface area contributed by atoms with Crippen molar-refractivity contribution >= 4 is 29.1 Å². The van der Waals surface area contributed by atoms with Crippen molar-refractivity contribution < 1.29 is 44.7 Å². The Bertz CT molecular complexity index is 1410. The second-order valence-corrected chi connectivity index (χ2v) is 10.0. The molecule has 1 saturated carbocycles. The van der Waals surface area contributed by atoms with Crippen LogP contribution in [0.4, 0.5) is 5.69 Å².